The third-order valence-electron chi connectivity index (χ3n) is 10.1. The van der Waals surface area contributed by atoms with Gasteiger partial charge in [-0.3, -0.25) is 14.4 Å². The van der Waals surface area contributed by atoms with Crippen molar-refractivity contribution in [3.8, 4) is 0 Å². The van der Waals surface area contributed by atoms with E-state index in [0.717, 1.165) is 83.5 Å². The molecule has 0 amide bonds. The lowest BCUT2D eigenvalue weighted by Gasteiger charge is -2.18. The van der Waals surface area contributed by atoms with E-state index in [4.69, 9.17) is 14.2 Å². The molecule has 55 heavy (non-hydrogen) atoms. The highest BCUT2D eigenvalue weighted by atomic mass is 16.6. The second kappa shape index (κ2) is 44.3. The van der Waals surface area contributed by atoms with E-state index in [1.54, 1.807) is 0 Å². The molecule has 0 aliphatic rings. The molecule has 6 heteroatoms. The van der Waals surface area contributed by atoms with Crippen molar-refractivity contribution in [2.24, 2.45) is 0 Å². The average molecular weight is 773 g/mol. The lowest BCUT2D eigenvalue weighted by Crippen LogP contribution is -2.30. The van der Waals surface area contributed by atoms with Gasteiger partial charge in [0.2, 0.25) is 0 Å². The first-order valence-corrected chi connectivity index (χ1v) is 23.5. The molecule has 0 rings (SSSR count). The number of carbonyl (C=O) groups excluding carboxylic acids is 3. The summed E-state index contributed by atoms with van der Waals surface area (Å²) in [5, 5.41) is 0. The summed E-state index contributed by atoms with van der Waals surface area (Å²) in [5.74, 6) is -0.908. The minimum atomic E-state index is -0.778. The second-order valence-electron chi connectivity index (χ2n) is 15.7. The Balaban J connectivity index is 4.37. The van der Waals surface area contributed by atoms with E-state index in [1.165, 1.54) is 116 Å². The van der Waals surface area contributed by atoms with Crippen molar-refractivity contribution in [3.05, 3.63) is 36.5 Å². The van der Waals surface area contributed by atoms with Crippen molar-refractivity contribution in [3.63, 3.8) is 0 Å². The Morgan fingerprint density at radius 3 is 0.964 bits per heavy atom. The molecular formula is C49H88O6. The van der Waals surface area contributed by atoms with Crippen LogP contribution in [0, 0.1) is 0 Å². The minimum absolute atomic E-state index is 0.0818. The number of ether oxygens (including phenoxy) is 3. The first kappa shape index (κ1) is 52.6. The van der Waals surface area contributed by atoms with Crippen molar-refractivity contribution in [2.45, 2.75) is 245 Å². The molecule has 0 N–H and O–H groups in total. The van der Waals surface area contributed by atoms with Crippen LogP contribution in [0.3, 0.4) is 0 Å². The van der Waals surface area contributed by atoms with Crippen molar-refractivity contribution >= 4 is 17.9 Å². The molecule has 0 heterocycles. The van der Waals surface area contributed by atoms with Crippen LogP contribution in [-0.4, -0.2) is 37.2 Å². The fourth-order valence-electron chi connectivity index (χ4n) is 6.46. The van der Waals surface area contributed by atoms with Gasteiger partial charge in [0.05, 0.1) is 0 Å². The molecule has 0 radical (unpaired) electrons. The smallest absolute Gasteiger partial charge is 0.306 e. The van der Waals surface area contributed by atoms with Crippen LogP contribution < -0.4 is 0 Å². The van der Waals surface area contributed by atoms with Gasteiger partial charge in [0, 0.05) is 19.3 Å². The number of unbranched alkanes of at least 4 members (excludes halogenated alkanes) is 25. The molecule has 0 saturated heterocycles. The zero-order chi connectivity index (χ0) is 40.1. The van der Waals surface area contributed by atoms with Gasteiger partial charge in [-0.05, 0) is 83.5 Å². The normalized spacial score (nSPS) is 12.3. The molecule has 320 valence electrons. The highest BCUT2D eigenvalue weighted by Gasteiger charge is 2.19. The van der Waals surface area contributed by atoms with Crippen LogP contribution in [0.5, 0.6) is 0 Å². The largest absolute Gasteiger partial charge is 0.462 e. The zero-order valence-corrected chi connectivity index (χ0v) is 36.4. The number of allylic oxidation sites excluding steroid dienone is 6. The Hall–Kier alpha value is -2.37. The van der Waals surface area contributed by atoms with Gasteiger partial charge in [0.25, 0.3) is 0 Å². The Kier molecular flexibility index (Phi) is 42.4. The molecule has 0 aromatic carbocycles. The number of hydrogen-bond acceptors (Lipinski definition) is 6. The number of hydrogen-bond donors (Lipinski definition) is 0. The minimum Gasteiger partial charge on any atom is -0.462 e. The van der Waals surface area contributed by atoms with Gasteiger partial charge in [-0.25, -0.2) is 0 Å². The first-order valence-electron chi connectivity index (χ1n) is 23.5. The Bertz CT molecular complexity index is 938. The van der Waals surface area contributed by atoms with Gasteiger partial charge in [0.1, 0.15) is 13.2 Å². The summed E-state index contributed by atoms with van der Waals surface area (Å²) in [6.07, 6.45) is 49.8. The fourth-order valence-corrected chi connectivity index (χ4v) is 6.46. The Morgan fingerprint density at radius 1 is 0.345 bits per heavy atom. The van der Waals surface area contributed by atoms with Gasteiger partial charge >= 0.3 is 17.9 Å². The van der Waals surface area contributed by atoms with Crippen LogP contribution in [0.2, 0.25) is 0 Å². The third-order valence-corrected chi connectivity index (χ3v) is 10.1. The van der Waals surface area contributed by atoms with E-state index in [0.29, 0.717) is 19.3 Å². The summed E-state index contributed by atoms with van der Waals surface area (Å²) < 4.78 is 16.7. The fraction of sp³-hybridized carbons (Fsp3) is 0.816. The van der Waals surface area contributed by atoms with E-state index in [9.17, 15) is 14.4 Å². The molecule has 0 unspecified atom stereocenters. The summed E-state index contributed by atoms with van der Waals surface area (Å²) in [5.41, 5.74) is 0. The SMILES string of the molecule is CCCC/C=C\CCCCCCCC(=O)OC[C@@H](COC(=O)CCCCCCC/C=C\CCCCCCCC)OC(=O)CCCCCCC/C=C\CCCC. The monoisotopic (exact) mass is 773 g/mol. The highest BCUT2D eigenvalue weighted by molar-refractivity contribution is 5.71. The van der Waals surface area contributed by atoms with Gasteiger partial charge in [-0.2, -0.15) is 0 Å². The van der Waals surface area contributed by atoms with E-state index in [-0.39, 0.29) is 31.1 Å². The second-order valence-corrected chi connectivity index (χ2v) is 15.7. The van der Waals surface area contributed by atoms with Gasteiger partial charge in [0.15, 0.2) is 6.10 Å². The van der Waals surface area contributed by atoms with Gasteiger partial charge < -0.3 is 14.2 Å². The Morgan fingerprint density at radius 2 is 0.618 bits per heavy atom. The number of carbonyl (C=O) groups is 3. The molecule has 1 atom stereocenters. The number of rotatable bonds is 42. The topological polar surface area (TPSA) is 78.9 Å². The third kappa shape index (κ3) is 42.6. The van der Waals surface area contributed by atoms with Crippen LogP contribution in [0.15, 0.2) is 36.5 Å². The lowest BCUT2D eigenvalue weighted by molar-refractivity contribution is -0.167. The first-order chi connectivity index (χ1) is 27.0. The Labute approximate surface area is 340 Å². The quantitative estimate of drug-likeness (QED) is 0.0266. The predicted molar refractivity (Wildman–Crippen MR) is 233 cm³/mol. The molecule has 0 aromatic heterocycles. The standard InChI is InChI=1S/C49H88O6/c1-4-7-10-13-16-19-22-23-24-25-28-30-33-36-39-42-48(51)54-45-46(55-49(52)43-40-37-34-31-27-21-18-15-12-9-6-3)44-53-47(50)41-38-35-32-29-26-20-17-14-11-8-5-2/h14-15,17-18,23-24,46H,4-13,16,19-22,25-45H2,1-3H3/b17-14-,18-15-,24-23-/t46-/m0/s1. The van der Waals surface area contributed by atoms with Crippen molar-refractivity contribution < 1.29 is 28.6 Å². The molecule has 0 aliphatic carbocycles. The van der Waals surface area contributed by atoms with Crippen LogP contribution in [0.1, 0.15) is 239 Å². The average Bonchev–Trinajstić information content (AvgIpc) is 3.18. The highest BCUT2D eigenvalue weighted by Crippen LogP contribution is 2.13. The van der Waals surface area contributed by atoms with Crippen molar-refractivity contribution in [1.82, 2.24) is 0 Å². The molecular weight excluding hydrogens is 685 g/mol. The van der Waals surface area contributed by atoms with Gasteiger partial charge in [-0.15, -0.1) is 0 Å². The van der Waals surface area contributed by atoms with Crippen LogP contribution >= 0.6 is 0 Å². The summed E-state index contributed by atoms with van der Waals surface area (Å²) in [4.78, 5) is 37.7. The van der Waals surface area contributed by atoms with Crippen LogP contribution in [-0.2, 0) is 28.6 Å². The van der Waals surface area contributed by atoms with Crippen molar-refractivity contribution in [2.75, 3.05) is 13.2 Å². The zero-order valence-electron chi connectivity index (χ0n) is 36.4. The number of esters is 3. The maximum Gasteiger partial charge on any atom is 0.306 e. The van der Waals surface area contributed by atoms with Crippen LogP contribution in [0.25, 0.3) is 0 Å². The van der Waals surface area contributed by atoms with E-state index in [1.807, 2.05) is 0 Å². The predicted octanol–water partition coefficient (Wildman–Crippen LogP) is 15.0. The summed E-state index contributed by atoms with van der Waals surface area (Å²) in [6.45, 7) is 6.53. The summed E-state index contributed by atoms with van der Waals surface area (Å²) in [7, 11) is 0. The molecule has 6 nitrogen and oxygen atoms in total. The molecule has 0 aromatic rings. The van der Waals surface area contributed by atoms with E-state index < -0.39 is 6.10 Å². The summed E-state index contributed by atoms with van der Waals surface area (Å²) in [6, 6.07) is 0. The summed E-state index contributed by atoms with van der Waals surface area (Å²) >= 11 is 0. The van der Waals surface area contributed by atoms with E-state index in [2.05, 4.69) is 57.2 Å². The van der Waals surface area contributed by atoms with Crippen LogP contribution in [0.4, 0.5) is 0 Å². The molecule has 0 aliphatic heterocycles. The maximum absolute atomic E-state index is 12.7. The van der Waals surface area contributed by atoms with Gasteiger partial charge in [-0.1, -0.05) is 173 Å². The molecule has 0 saturated carbocycles. The lowest BCUT2D eigenvalue weighted by atomic mass is 10.1. The molecule has 0 fully saturated rings. The molecule has 0 bridgehead atoms. The maximum atomic E-state index is 12.7. The van der Waals surface area contributed by atoms with Crippen molar-refractivity contribution in [1.29, 1.82) is 0 Å². The van der Waals surface area contributed by atoms with E-state index >= 15 is 0 Å². The molecule has 0 spiro atoms.